The zero-order chi connectivity index (χ0) is 25.8. The van der Waals surface area contributed by atoms with Crippen molar-refractivity contribution in [3.05, 3.63) is 101 Å². The number of morpholine rings is 1. The first-order valence-corrected chi connectivity index (χ1v) is 13.1. The lowest BCUT2D eigenvalue weighted by Gasteiger charge is -2.35. The third kappa shape index (κ3) is 5.71. The molecule has 188 valence electrons. The summed E-state index contributed by atoms with van der Waals surface area (Å²) >= 11 is 1.57. The monoisotopic (exact) mass is 512 g/mol. The summed E-state index contributed by atoms with van der Waals surface area (Å²) in [6.45, 7) is 4.78. The molecule has 1 aliphatic rings. The van der Waals surface area contributed by atoms with Crippen molar-refractivity contribution in [2.45, 2.75) is 26.1 Å². The smallest absolute Gasteiger partial charge is 0.270 e. The van der Waals surface area contributed by atoms with Crippen molar-refractivity contribution in [1.82, 2.24) is 20.0 Å². The second-order valence-corrected chi connectivity index (χ2v) is 9.98. The fraction of sp³-hybridized carbons (Fsp3) is 0.207. The number of hydrogen-bond acceptors (Lipinski definition) is 5. The highest BCUT2D eigenvalue weighted by Gasteiger charge is 2.29. The Balaban J connectivity index is 1.57. The molecule has 1 fully saturated rings. The van der Waals surface area contributed by atoms with Crippen LogP contribution in [0.3, 0.4) is 0 Å². The van der Waals surface area contributed by atoms with Gasteiger partial charge in [-0.3, -0.25) is 9.59 Å². The zero-order valence-electron chi connectivity index (χ0n) is 20.7. The van der Waals surface area contributed by atoms with Gasteiger partial charge in [0.05, 0.1) is 22.8 Å². The minimum absolute atomic E-state index is 0.0960. The van der Waals surface area contributed by atoms with Gasteiger partial charge in [-0.25, -0.2) is 4.68 Å². The van der Waals surface area contributed by atoms with Gasteiger partial charge < -0.3 is 15.0 Å². The number of nitrogens with one attached hydrogen (secondary N) is 1. The molecule has 8 heteroatoms. The molecule has 0 spiro atoms. The Morgan fingerprint density at radius 1 is 0.973 bits per heavy atom. The molecular weight excluding hydrogens is 484 g/mol. The van der Waals surface area contributed by atoms with Crippen LogP contribution in [0.1, 0.15) is 29.8 Å². The van der Waals surface area contributed by atoms with E-state index in [-0.39, 0.29) is 29.7 Å². The maximum Gasteiger partial charge on any atom is 0.270 e. The van der Waals surface area contributed by atoms with Crippen LogP contribution in [-0.4, -0.2) is 51.8 Å². The van der Waals surface area contributed by atoms with Crippen LogP contribution in [0.5, 0.6) is 0 Å². The number of para-hydroxylation sites is 1. The quantitative estimate of drug-likeness (QED) is 0.369. The Bertz CT molecular complexity index is 1390. The number of aromatic nitrogens is 2. The second-order valence-electron chi connectivity index (χ2n) is 9.04. The summed E-state index contributed by atoms with van der Waals surface area (Å²) in [5.41, 5.74) is 3.04. The van der Waals surface area contributed by atoms with Crippen LogP contribution in [0, 0.1) is 0 Å². The molecule has 0 radical (unpaired) electrons. The number of carbonyl (C=O) groups excluding carboxylic acids is 2. The van der Waals surface area contributed by atoms with E-state index in [4.69, 9.17) is 9.84 Å². The molecule has 2 atom stereocenters. The van der Waals surface area contributed by atoms with Crippen molar-refractivity contribution in [2.75, 3.05) is 13.1 Å². The lowest BCUT2D eigenvalue weighted by Crippen LogP contribution is -2.50. The van der Waals surface area contributed by atoms with Crippen molar-refractivity contribution in [3.8, 4) is 16.3 Å². The number of thiophene rings is 1. The summed E-state index contributed by atoms with van der Waals surface area (Å²) in [6, 6.07) is 22.6. The minimum atomic E-state index is -0.345. The van der Waals surface area contributed by atoms with Crippen molar-refractivity contribution in [1.29, 1.82) is 0 Å². The number of amides is 2. The number of nitrogens with zero attached hydrogens (tertiary/aromatic N) is 3. The van der Waals surface area contributed by atoms with Gasteiger partial charge in [0.25, 0.3) is 11.8 Å². The third-order valence-corrected chi connectivity index (χ3v) is 6.92. The van der Waals surface area contributed by atoms with Crippen LogP contribution >= 0.6 is 11.3 Å². The van der Waals surface area contributed by atoms with Gasteiger partial charge in [-0.15, -0.1) is 11.3 Å². The van der Waals surface area contributed by atoms with E-state index in [0.29, 0.717) is 18.7 Å². The van der Waals surface area contributed by atoms with Gasteiger partial charge in [0.2, 0.25) is 0 Å². The van der Waals surface area contributed by atoms with E-state index in [1.807, 2.05) is 74.0 Å². The first-order valence-electron chi connectivity index (χ1n) is 12.2. The predicted octanol–water partition coefficient (Wildman–Crippen LogP) is 5.01. The Kier molecular flexibility index (Phi) is 7.30. The number of rotatable bonds is 6. The van der Waals surface area contributed by atoms with Crippen LogP contribution in [0.25, 0.3) is 22.3 Å². The second kappa shape index (κ2) is 10.9. The normalized spacial score (nSPS) is 18.0. The standard InChI is InChI=1S/C29H28N4O3S/c1-20-17-32(18-21(2)36-20)29(35)25(30-28(34)22-10-5-3-6-11-22)16-23-19-33(24-12-7-4-8-13-24)31-27(23)26-14-9-15-37-26/h3-16,19-21H,17-18H2,1-2H3,(H,30,34). The molecule has 4 aromatic rings. The lowest BCUT2D eigenvalue weighted by atomic mass is 10.1. The van der Waals surface area contributed by atoms with E-state index in [2.05, 4.69) is 5.32 Å². The van der Waals surface area contributed by atoms with Crippen LogP contribution in [-0.2, 0) is 9.53 Å². The minimum Gasteiger partial charge on any atom is -0.372 e. The summed E-state index contributed by atoms with van der Waals surface area (Å²) < 4.78 is 7.62. The Morgan fingerprint density at radius 3 is 2.30 bits per heavy atom. The Morgan fingerprint density at radius 2 is 1.65 bits per heavy atom. The predicted molar refractivity (Wildman–Crippen MR) is 145 cm³/mol. The molecule has 2 amide bonds. The van der Waals surface area contributed by atoms with Crippen LogP contribution in [0.2, 0.25) is 0 Å². The van der Waals surface area contributed by atoms with Gasteiger partial charge in [-0.1, -0.05) is 42.5 Å². The topological polar surface area (TPSA) is 76.5 Å². The maximum absolute atomic E-state index is 13.8. The average Bonchev–Trinajstić information content (AvgIpc) is 3.58. The van der Waals surface area contributed by atoms with Crippen LogP contribution in [0.15, 0.2) is 90.1 Å². The van der Waals surface area contributed by atoms with E-state index < -0.39 is 0 Å². The highest BCUT2D eigenvalue weighted by Crippen LogP contribution is 2.29. The van der Waals surface area contributed by atoms with Gasteiger partial charge in [-0.2, -0.15) is 5.10 Å². The van der Waals surface area contributed by atoms with Crippen LogP contribution in [0.4, 0.5) is 0 Å². The number of hydrogen-bond donors (Lipinski definition) is 1. The largest absolute Gasteiger partial charge is 0.372 e. The molecule has 0 saturated carbocycles. The summed E-state index contributed by atoms with van der Waals surface area (Å²) in [7, 11) is 0. The van der Waals surface area contributed by atoms with Gasteiger partial charge in [-0.05, 0) is 55.6 Å². The number of benzene rings is 2. The van der Waals surface area contributed by atoms with Gasteiger partial charge >= 0.3 is 0 Å². The zero-order valence-corrected chi connectivity index (χ0v) is 21.5. The van der Waals surface area contributed by atoms with Crippen molar-refractivity contribution < 1.29 is 14.3 Å². The van der Waals surface area contributed by atoms with Gasteiger partial charge in [0, 0.05) is 30.4 Å². The van der Waals surface area contributed by atoms with E-state index >= 15 is 0 Å². The molecule has 1 saturated heterocycles. The summed E-state index contributed by atoms with van der Waals surface area (Å²) in [5, 5.41) is 9.71. The molecular formula is C29H28N4O3S. The molecule has 2 unspecified atom stereocenters. The Hall–Kier alpha value is -4.01. The van der Waals surface area contributed by atoms with E-state index in [9.17, 15) is 9.59 Å². The fourth-order valence-corrected chi connectivity index (χ4v) is 5.15. The van der Waals surface area contributed by atoms with Crippen molar-refractivity contribution >= 4 is 29.2 Å². The average molecular weight is 513 g/mol. The summed E-state index contributed by atoms with van der Waals surface area (Å²) in [5.74, 6) is -0.599. The van der Waals surface area contributed by atoms with Gasteiger partial charge in [0.1, 0.15) is 11.4 Å². The van der Waals surface area contributed by atoms with Crippen molar-refractivity contribution in [2.24, 2.45) is 0 Å². The molecule has 2 aromatic heterocycles. The van der Waals surface area contributed by atoms with Gasteiger partial charge in [0.15, 0.2) is 0 Å². The summed E-state index contributed by atoms with van der Waals surface area (Å²) in [6.07, 6.45) is 3.43. The van der Waals surface area contributed by atoms with E-state index in [1.165, 1.54) is 0 Å². The van der Waals surface area contributed by atoms with E-state index in [1.54, 1.807) is 51.3 Å². The molecule has 3 heterocycles. The highest BCUT2D eigenvalue weighted by molar-refractivity contribution is 7.13. The van der Waals surface area contributed by atoms with E-state index in [0.717, 1.165) is 21.8 Å². The van der Waals surface area contributed by atoms with Crippen LogP contribution < -0.4 is 5.32 Å². The molecule has 2 aromatic carbocycles. The third-order valence-electron chi connectivity index (χ3n) is 6.04. The van der Waals surface area contributed by atoms with Crippen molar-refractivity contribution in [3.63, 3.8) is 0 Å². The maximum atomic E-state index is 13.8. The molecule has 37 heavy (non-hydrogen) atoms. The first kappa shape index (κ1) is 24.7. The highest BCUT2D eigenvalue weighted by atomic mass is 32.1. The number of carbonyl (C=O) groups is 2. The number of ether oxygens (including phenoxy) is 1. The fourth-order valence-electron chi connectivity index (χ4n) is 4.42. The molecule has 1 N–H and O–H groups in total. The Labute approximate surface area is 220 Å². The summed E-state index contributed by atoms with van der Waals surface area (Å²) in [4.78, 5) is 29.6. The molecule has 0 aliphatic carbocycles. The molecule has 1 aliphatic heterocycles. The molecule has 7 nitrogen and oxygen atoms in total. The SMILES string of the molecule is CC1CN(C(=O)C(=Cc2cn(-c3ccccc3)nc2-c2cccs2)NC(=O)c2ccccc2)CC(C)O1. The lowest BCUT2D eigenvalue weighted by molar-refractivity contribution is -0.139. The molecule has 0 bridgehead atoms. The molecule has 5 rings (SSSR count). The first-order chi connectivity index (χ1) is 18.0.